The van der Waals surface area contributed by atoms with E-state index in [1.165, 1.54) is 19.1 Å². The number of carbonyl (C=O) groups is 1. The van der Waals surface area contributed by atoms with Crippen molar-refractivity contribution in [1.82, 2.24) is 9.88 Å². The summed E-state index contributed by atoms with van der Waals surface area (Å²) in [5.41, 5.74) is 2.67. The molecule has 4 heterocycles. The number of aromatic amines is 1. The Morgan fingerprint density at radius 2 is 2.00 bits per heavy atom. The maximum Gasteiger partial charge on any atom is 0.319 e. The highest BCUT2D eigenvalue weighted by molar-refractivity contribution is 5.93. The average molecular weight is 399 g/mol. The molecule has 2 saturated heterocycles. The number of hydrogen-bond donors (Lipinski definition) is 1. The van der Waals surface area contributed by atoms with Crippen LogP contribution in [0.3, 0.4) is 0 Å². The predicted octanol–water partition coefficient (Wildman–Crippen LogP) is 3.27. The Labute approximate surface area is 171 Å². The van der Waals surface area contributed by atoms with Gasteiger partial charge >= 0.3 is 5.97 Å². The van der Waals surface area contributed by atoms with Crippen LogP contribution in [0.4, 0.5) is 0 Å². The number of nitrogens with one attached hydrogen (secondary N) is 1. The summed E-state index contributed by atoms with van der Waals surface area (Å²) in [6.07, 6.45) is 4.09. The molecule has 6 rings (SSSR count). The zero-order valence-corrected chi connectivity index (χ0v) is 17.7. The van der Waals surface area contributed by atoms with Gasteiger partial charge in [0.2, 0.25) is 0 Å². The Morgan fingerprint density at radius 1 is 1.24 bits per heavy atom. The molecule has 29 heavy (non-hydrogen) atoms. The summed E-state index contributed by atoms with van der Waals surface area (Å²) in [6, 6.07) is 4.24. The molecule has 2 aromatic rings. The monoisotopic (exact) mass is 398 g/mol. The van der Waals surface area contributed by atoms with E-state index in [1.807, 2.05) is 6.07 Å². The molecular weight excluding hydrogens is 368 g/mol. The largest absolute Gasteiger partial charge is 0.493 e. The SMILES string of the molecule is CCC1CC2CN3CCc4c([nH]c5cc(OC)c(OC)cc45)[C@](C(=O)OC)(C2)C13. The molecule has 6 nitrogen and oxygen atoms in total. The van der Waals surface area contributed by atoms with Crippen LogP contribution < -0.4 is 9.47 Å². The summed E-state index contributed by atoms with van der Waals surface area (Å²) >= 11 is 0. The average Bonchev–Trinajstić information content (AvgIpc) is 3.08. The topological polar surface area (TPSA) is 63.8 Å². The second-order valence-electron chi connectivity index (χ2n) is 8.86. The number of carbonyl (C=O) groups excluding carboxylic acids is 1. The fourth-order valence-electron chi connectivity index (χ4n) is 6.64. The molecule has 4 unspecified atom stereocenters. The molecule has 3 aliphatic heterocycles. The Hall–Kier alpha value is -2.21. The van der Waals surface area contributed by atoms with Gasteiger partial charge in [-0.2, -0.15) is 0 Å². The van der Waals surface area contributed by atoms with Crippen molar-refractivity contribution in [3.8, 4) is 11.5 Å². The van der Waals surface area contributed by atoms with Gasteiger partial charge in [0.25, 0.3) is 0 Å². The van der Waals surface area contributed by atoms with Gasteiger partial charge in [-0.25, -0.2) is 0 Å². The highest BCUT2D eigenvalue weighted by Crippen LogP contribution is 2.55. The minimum Gasteiger partial charge on any atom is -0.493 e. The lowest BCUT2D eigenvalue weighted by Crippen LogP contribution is -2.67. The fraction of sp³-hybridized carbons (Fsp3) is 0.609. The minimum absolute atomic E-state index is 0.0935. The fourth-order valence-corrected chi connectivity index (χ4v) is 6.64. The van der Waals surface area contributed by atoms with E-state index in [1.54, 1.807) is 14.2 Å². The number of ether oxygens (including phenoxy) is 3. The number of nitrogens with zero attached hydrogens (tertiary/aromatic N) is 1. The van der Waals surface area contributed by atoms with Gasteiger partial charge in [-0.1, -0.05) is 13.3 Å². The summed E-state index contributed by atoms with van der Waals surface area (Å²) in [7, 11) is 4.84. The molecule has 1 aromatic carbocycles. The van der Waals surface area contributed by atoms with Gasteiger partial charge in [0.1, 0.15) is 5.41 Å². The van der Waals surface area contributed by atoms with Crippen LogP contribution >= 0.6 is 0 Å². The minimum atomic E-state index is -0.623. The van der Waals surface area contributed by atoms with Gasteiger partial charge in [0, 0.05) is 41.8 Å². The molecule has 6 heteroatoms. The molecule has 5 atom stereocenters. The molecule has 4 bridgehead atoms. The van der Waals surface area contributed by atoms with Crippen LogP contribution in [0.5, 0.6) is 11.5 Å². The van der Waals surface area contributed by atoms with Gasteiger partial charge in [-0.3, -0.25) is 9.69 Å². The molecule has 1 aliphatic carbocycles. The van der Waals surface area contributed by atoms with Crippen molar-refractivity contribution in [2.75, 3.05) is 34.4 Å². The van der Waals surface area contributed by atoms with E-state index >= 15 is 0 Å². The van der Waals surface area contributed by atoms with Crippen molar-refractivity contribution in [2.24, 2.45) is 11.8 Å². The molecule has 3 fully saturated rings. The molecule has 1 aromatic heterocycles. The lowest BCUT2D eigenvalue weighted by Gasteiger charge is -2.57. The van der Waals surface area contributed by atoms with E-state index in [0.717, 1.165) is 54.7 Å². The molecule has 0 radical (unpaired) electrons. The van der Waals surface area contributed by atoms with Gasteiger partial charge in [0.15, 0.2) is 11.5 Å². The van der Waals surface area contributed by atoms with E-state index in [0.29, 0.717) is 17.6 Å². The smallest absolute Gasteiger partial charge is 0.319 e. The van der Waals surface area contributed by atoms with Crippen LogP contribution in [-0.2, 0) is 21.4 Å². The predicted molar refractivity (Wildman–Crippen MR) is 111 cm³/mol. The first-order chi connectivity index (χ1) is 14.1. The quantitative estimate of drug-likeness (QED) is 0.801. The molecule has 0 spiro atoms. The number of benzene rings is 1. The number of aromatic nitrogens is 1. The Balaban J connectivity index is 1.79. The van der Waals surface area contributed by atoms with Crippen molar-refractivity contribution < 1.29 is 19.0 Å². The number of rotatable bonds is 4. The summed E-state index contributed by atoms with van der Waals surface area (Å²) in [6.45, 7) is 4.33. The third-order valence-electron chi connectivity index (χ3n) is 7.66. The van der Waals surface area contributed by atoms with E-state index in [-0.39, 0.29) is 12.0 Å². The number of hydrogen-bond acceptors (Lipinski definition) is 5. The Bertz CT molecular complexity index is 967. The maximum absolute atomic E-state index is 13.5. The number of H-pyrrole nitrogens is 1. The second-order valence-corrected chi connectivity index (χ2v) is 8.86. The van der Waals surface area contributed by atoms with E-state index in [2.05, 4.69) is 22.9 Å². The van der Waals surface area contributed by atoms with E-state index in [4.69, 9.17) is 14.2 Å². The van der Waals surface area contributed by atoms with Crippen molar-refractivity contribution >= 4 is 16.9 Å². The van der Waals surface area contributed by atoms with Crippen molar-refractivity contribution in [3.63, 3.8) is 0 Å². The van der Waals surface area contributed by atoms with Gasteiger partial charge < -0.3 is 19.2 Å². The Kier molecular flexibility index (Phi) is 4.32. The number of esters is 1. The van der Waals surface area contributed by atoms with Gasteiger partial charge in [-0.15, -0.1) is 0 Å². The van der Waals surface area contributed by atoms with E-state index < -0.39 is 5.41 Å². The molecule has 1 N–H and O–H groups in total. The van der Waals surface area contributed by atoms with Crippen molar-refractivity contribution in [2.45, 2.75) is 44.1 Å². The van der Waals surface area contributed by atoms with Crippen LogP contribution in [0, 0.1) is 11.8 Å². The number of methoxy groups -OCH3 is 3. The summed E-state index contributed by atoms with van der Waals surface area (Å²) < 4.78 is 16.5. The van der Waals surface area contributed by atoms with Gasteiger partial charge in [-0.05, 0) is 42.7 Å². The lowest BCUT2D eigenvalue weighted by molar-refractivity contribution is -0.162. The normalized spacial score (nSPS) is 32.6. The molecular formula is C23H30N2O4. The molecule has 156 valence electrons. The number of fused-ring (bicyclic) bond motifs is 4. The first kappa shape index (κ1) is 18.8. The van der Waals surface area contributed by atoms with E-state index in [9.17, 15) is 4.79 Å². The molecule has 0 amide bonds. The third-order valence-corrected chi connectivity index (χ3v) is 7.66. The highest BCUT2D eigenvalue weighted by Gasteiger charge is 2.62. The highest BCUT2D eigenvalue weighted by atomic mass is 16.5. The zero-order chi connectivity index (χ0) is 20.3. The van der Waals surface area contributed by atoms with Crippen LogP contribution in [0.15, 0.2) is 12.1 Å². The number of piperidine rings is 2. The molecule has 1 saturated carbocycles. The third kappa shape index (κ3) is 2.41. The Morgan fingerprint density at radius 3 is 2.69 bits per heavy atom. The summed E-state index contributed by atoms with van der Waals surface area (Å²) in [5, 5.41) is 1.12. The summed E-state index contributed by atoms with van der Waals surface area (Å²) in [5.74, 6) is 2.37. The summed E-state index contributed by atoms with van der Waals surface area (Å²) in [4.78, 5) is 19.7. The van der Waals surface area contributed by atoms with Crippen LogP contribution in [0.1, 0.15) is 37.4 Å². The van der Waals surface area contributed by atoms with Gasteiger partial charge in [0.05, 0.1) is 21.3 Å². The standard InChI is InChI=1S/C23H30N2O4/c1-5-14-8-13-11-23(22(26)29-4)20-15(6-7-25(12-13)21(14)23)16-9-18(27-2)19(28-3)10-17(16)24-20/h9-10,13-14,21,24H,5-8,11-12H2,1-4H3/t13?,14?,21?,23-/m1/s1. The van der Waals surface area contributed by atoms with Crippen LogP contribution in [-0.4, -0.2) is 56.3 Å². The second kappa shape index (κ2) is 6.66. The maximum atomic E-state index is 13.5. The van der Waals surface area contributed by atoms with Crippen LogP contribution in [0.25, 0.3) is 10.9 Å². The molecule has 4 aliphatic rings. The van der Waals surface area contributed by atoms with Crippen molar-refractivity contribution in [1.29, 1.82) is 0 Å². The van der Waals surface area contributed by atoms with Crippen LogP contribution in [0.2, 0.25) is 0 Å². The first-order valence-electron chi connectivity index (χ1n) is 10.7. The van der Waals surface area contributed by atoms with Crippen molar-refractivity contribution in [3.05, 3.63) is 23.4 Å². The zero-order valence-electron chi connectivity index (χ0n) is 17.7. The first-order valence-corrected chi connectivity index (χ1v) is 10.7. The lowest BCUT2D eigenvalue weighted by atomic mass is 9.56.